The number of likely N-dealkylation sites (tertiary alicyclic amines) is 1. The topological polar surface area (TPSA) is 104 Å². The summed E-state index contributed by atoms with van der Waals surface area (Å²) in [5.41, 5.74) is 3.72. The number of rotatable bonds is 8. The van der Waals surface area contributed by atoms with Gasteiger partial charge >= 0.3 is 11.9 Å². The van der Waals surface area contributed by atoms with Crippen LogP contribution >= 0.6 is 0 Å². The SMILES string of the molecule is O=C(O)/C=C\C(=O)O.c1ccc(CCN2CCC(CCc3ncnc4ccccc34)CC2)cc1. The molecule has 7 nitrogen and oxygen atoms in total. The van der Waals surface area contributed by atoms with Gasteiger partial charge in [-0.05, 0) is 62.7 Å². The number of carboxylic acids is 2. The van der Waals surface area contributed by atoms with Crippen molar-refractivity contribution in [2.75, 3.05) is 19.6 Å². The Morgan fingerprint density at radius 3 is 2.21 bits per heavy atom. The van der Waals surface area contributed by atoms with Crippen molar-refractivity contribution in [3.8, 4) is 0 Å². The summed E-state index contributed by atoms with van der Waals surface area (Å²) in [5, 5.41) is 16.8. The predicted molar refractivity (Wildman–Crippen MR) is 132 cm³/mol. The van der Waals surface area contributed by atoms with Crippen LogP contribution in [0.1, 0.15) is 30.5 Å². The van der Waals surface area contributed by atoms with Crippen LogP contribution in [0.3, 0.4) is 0 Å². The minimum atomic E-state index is -1.26. The number of aliphatic carboxylic acids is 2. The zero-order chi connectivity index (χ0) is 24.2. The first kappa shape index (κ1) is 25.1. The van der Waals surface area contributed by atoms with Crippen molar-refractivity contribution < 1.29 is 19.8 Å². The fourth-order valence-electron chi connectivity index (χ4n) is 4.17. The van der Waals surface area contributed by atoms with Crippen LogP contribution in [0.4, 0.5) is 0 Å². The Balaban J connectivity index is 0.000000350. The Morgan fingerprint density at radius 2 is 1.53 bits per heavy atom. The summed E-state index contributed by atoms with van der Waals surface area (Å²) in [6, 6.07) is 19.2. The number of aromatic nitrogens is 2. The largest absolute Gasteiger partial charge is 0.478 e. The average molecular weight is 462 g/mol. The molecule has 0 atom stereocenters. The highest BCUT2D eigenvalue weighted by molar-refractivity contribution is 5.89. The minimum Gasteiger partial charge on any atom is -0.478 e. The molecule has 0 radical (unpaired) electrons. The van der Waals surface area contributed by atoms with Crippen molar-refractivity contribution in [1.29, 1.82) is 0 Å². The third-order valence-electron chi connectivity index (χ3n) is 6.05. The lowest BCUT2D eigenvalue weighted by atomic mass is 9.91. The molecule has 0 unspecified atom stereocenters. The van der Waals surface area contributed by atoms with Gasteiger partial charge in [0.25, 0.3) is 0 Å². The van der Waals surface area contributed by atoms with E-state index in [1.807, 2.05) is 6.07 Å². The Bertz CT molecular complexity index is 1070. The van der Waals surface area contributed by atoms with Gasteiger partial charge in [-0.25, -0.2) is 19.6 Å². The van der Waals surface area contributed by atoms with Crippen LogP contribution in [0.25, 0.3) is 10.9 Å². The smallest absolute Gasteiger partial charge is 0.328 e. The summed E-state index contributed by atoms with van der Waals surface area (Å²) in [5.74, 6) is -1.68. The highest BCUT2D eigenvalue weighted by Gasteiger charge is 2.19. The van der Waals surface area contributed by atoms with Gasteiger partial charge in [-0.3, -0.25) is 0 Å². The van der Waals surface area contributed by atoms with E-state index in [4.69, 9.17) is 10.2 Å². The average Bonchev–Trinajstić information content (AvgIpc) is 2.86. The van der Waals surface area contributed by atoms with Crippen LogP contribution in [0.15, 0.2) is 73.1 Å². The molecule has 1 saturated heterocycles. The molecule has 178 valence electrons. The zero-order valence-corrected chi connectivity index (χ0v) is 19.2. The molecule has 3 aromatic rings. The molecule has 4 rings (SSSR count). The van der Waals surface area contributed by atoms with Gasteiger partial charge in [-0.1, -0.05) is 48.5 Å². The van der Waals surface area contributed by atoms with E-state index in [2.05, 4.69) is 63.4 Å². The van der Waals surface area contributed by atoms with Gasteiger partial charge in [-0.2, -0.15) is 0 Å². The molecule has 0 bridgehead atoms. The second kappa shape index (κ2) is 13.2. The molecule has 0 saturated carbocycles. The van der Waals surface area contributed by atoms with E-state index in [9.17, 15) is 9.59 Å². The Morgan fingerprint density at radius 1 is 0.882 bits per heavy atom. The predicted octanol–water partition coefficient (Wildman–Crippen LogP) is 4.23. The molecule has 1 aliphatic heterocycles. The monoisotopic (exact) mass is 461 g/mol. The Kier molecular flexibility index (Phi) is 9.73. The number of fused-ring (bicyclic) bond motifs is 1. The molecular formula is C27H31N3O4. The van der Waals surface area contributed by atoms with Crippen molar-refractivity contribution in [3.05, 3.63) is 84.3 Å². The fourth-order valence-corrected chi connectivity index (χ4v) is 4.17. The molecule has 7 heteroatoms. The van der Waals surface area contributed by atoms with Crippen LogP contribution in [-0.4, -0.2) is 56.7 Å². The summed E-state index contributed by atoms with van der Waals surface area (Å²) in [6.07, 6.45) is 8.94. The fraction of sp³-hybridized carbons (Fsp3) is 0.333. The quantitative estimate of drug-likeness (QED) is 0.484. The van der Waals surface area contributed by atoms with Gasteiger partial charge in [-0.15, -0.1) is 0 Å². The molecule has 1 aromatic heterocycles. The summed E-state index contributed by atoms with van der Waals surface area (Å²) in [6.45, 7) is 3.66. The van der Waals surface area contributed by atoms with E-state index in [1.54, 1.807) is 6.33 Å². The molecule has 34 heavy (non-hydrogen) atoms. The Labute approximate surface area is 199 Å². The number of aryl methyl sites for hydroxylation is 1. The third-order valence-corrected chi connectivity index (χ3v) is 6.05. The number of benzene rings is 2. The van der Waals surface area contributed by atoms with Crippen LogP contribution in [0.2, 0.25) is 0 Å². The maximum atomic E-state index is 9.55. The minimum absolute atomic E-state index is 0.558. The summed E-state index contributed by atoms with van der Waals surface area (Å²) >= 11 is 0. The third kappa shape index (κ3) is 8.41. The van der Waals surface area contributed by atoms with Crippen LogP contribution in [0, 0.1) is 5.92 Å². The van der Waals surface area contributed by atoms with Gasteiger partial charge in [0.1, 0.15) is 6.33 Å². The summed E-state index contributed by atoms with van der Waals surface area (Å²) < 4.78 is 0. The van der Waals surface area contributed by atoms with Crippen molar-refractivity contribution >= 4 is 22.8 Å². The van der Waals surface area contributed by atoms with Gasteiger partial charge in [0.05, 0.1) is 11.2 Å². The number of piperidine rings is 1. The van der Waals surface area contributed by atoms with Gasteiger partial charge < -0.3 is 15.1 Å². The van der Waals surface area contributed by atoms with Crippen LogP contribution < -0.4 is 0 Å². The van der Waals surface area contributed by atoms with E-state index in [1.165, 1.54) is 62.0 Å². The number of para-hydroxylation sites is 1. The highest BCUT2D eigenvalue weighted by Crippen LogP contribution is 2.24. The molecule has 0 spiro atoms. The second-order valence-electron chi connectivity index (χ2n) is 8.41. The molecule has 2 N–H and O–H groups in total. The maximum Gasteiger partial charge on any atom is 0.328 e. The van der Waals surface area contributed by atoms with Gasteiger partial charge in [0, 0.05) is 24.1 Å². The van der Waals surface area contributed by atoms with Crippen molar-refractivity contribution in [1.82, 2.24) is 14.9 Å². The molecule has 1 fully saturated rings. The van der Waals surface area contributed by atoms with E-state index >= 15 is 0 Å². The first-order chi connectivity index (χ1) is 16.5. The highest BCUT2D eigenvalue weighted by atomic mass is 16.4. The number of hydrogen-bond donors (Lipinski definition) is 2. The normalized spacial score (nSPS) is 14.6. The number of hydrogen-bond acceptors (Lipinski definition) is 5. The van der Waals surface area contributed by atoms with Crippen LogP contribution in [-0.2, 0) is 22.4 Å². The maximum absolute atomic E-state index is 9.55. The van der Waals surface area contributed by atoms with E-state index in [-0.39, 0.29) is 0 Å². The molecular weight excluding hydrogens is 430 g/mol. The second-order valence-corrected chi connectivity index (χ2v) is 8.41. The lowest BCUT2D eigenvalue weighted by Crippen LogP contribution is -2.35. The molecule has 2 aromatic carbocycles. The number of carboxylic acid groups (broad SMARTS) is 2. The standard InChI is InChI=1S/C23H27N3.C4H4O4/c1-2-6-19(7-3-1)12-15-26-16-13-20(14-17-26)10-11-23-21-8-4-5-9-22(21)24-18-25-23;5-3(6)1-2-4(7)8/h1-9,18,20H,10-17H2;1-2H,(H,5,6)(H,7,8)/b;2-1-. The van der Waals surface area contributed by atoms with Crippen LogP contribution in [0.5, 0.6) is 0 Å². The summed E-state index contributed by atoms with van der Waals surface area (Å²) in [4.78, 5) is 30.7. The first-order valence-electron chi connectivity index (χ1n) is 11.6. The summed E-state index contributed by atoms with van der Waals surface area (Å²) in [7, 11) is 0. The number of nitrogens with zero attached hydrogens (tertiary/aromatic N) is 3. The van der Waals surface area contributed by atoms with Crippen molar-refractivity contribution in [3.63, 3.8) is 0 Å². The lowest BCUT2D eigenvalue weighted by molar-refractivity contribution is -0.134. The first-order valence-corrected chi connectivity index (χ1v) is 11.6. The van der Waals surface area contributed by atoms with E-state index in [0.29, 0.717) is 12.2 Å². The molecule has 1 aliphatic rings. The molecule has 0 amide bonds. The van der Waals surface area contributed by atoms with Crippen molar-refractivity contribution in [2.24, 2.45) is 5.92 Å². The van der Waals surface area contributed by atoms with Gasteiger partial charge in [0.15, 0.2) is 0 Å². The van der Waals surface area contributed by atoms with Crippen molar-refractivity contribution in [2.45, 2.75) is 32.1 Å². The van der Waals surface area contributed by atoms with E-state index < -0.39 is 11.9 Å². The van der Waals surface area contributed by atoms with E-state index in [0.717, 1.165) is 17.9 Å². The molecule has 2 heterocycles. The number of carbonyl (C=O) groups is 2. The Hall–Kier alpha value is -3.58. The molecule has 0 aliphatic carbocycles. The lowest BCUT2D eigenvalue weighted by Gasteiger charge is -2.32. The van der Waals surface area contributed by atoms with Gasteiger partial charge in [0.2, 0.25) is 0 Å². The zero-order valence-electron chi connectivity index (χ0n) is 19.2.